The van der Waals surface area contributed by atoms with Crippen molar-refractivity contribution in [2.45, 2.75) is 19.4 Å². The number of ether oxygens (including phenoxy) is 1. The molecule has 0 spiro atoms. The predicted octanol–water partition coefficient (Wildman–Crippen LogP) is 1.48. The molecule has 1 atom stereocenters. The van der Waals surface area contributed by atoms with Crippen LogP contribution in [0.4, 0.5) is 5.82 Å². The topological polar surface area (TPSA) is 80.5 Å². The highest BCUT2D eigenvalue weighted by Crippen LogP contribution is 2.26. The molecule has 7 nitrogen and oxygen atoms in total. The lowest BCUT2D eigenvalue weighted by atomic mass is 10.2. The Morgan fingerprint density at radius 1 is 1.50 bits per heavy atom. The van der Waals surface area contributed by atoms with Crippen molar-refractivity contribution in [3.05, 3.63) is 36.5 Å². The van der Waals surface area contributed by atoms with Crippen molar-refractivity contribution >= 4 is 11.7 Å². The van der Waals surface area contributed by atoms with Crippen molar-refractivity contribution in [1.29, 1.82) is 0 Å². The molecule has 0 radical (unpaired) electrons. The molecule has 1 aliphatic rings. The molecule has 1 amide bonds. The van der Waals surface area contributed by atoms with Crippen LogP contribution >= 0.6 is 0 Å². The number of anilines is 1. The molecular weight excluding hydrogens is 284 g/mol. The summed E-state index contributed by atoms with van der Waals surface area (Å²) in [5, 5.41) is 3.00. The predicted molar refractivity (Wildman–Crippen MR) is 80.0 cm³/mol. The van der Waals surface area contributed by atoms with E-state index in [1.54, 1.807) is 18.5 Å². The fourth-order valence-electron chi connectivity index (χ4n) is 2.51. The molecule has 1 saturated heterocycles. The first kappa shape index (κ1) is 14.4. The van der Waals surface area contributed by atoms with Gasteiger partial charge in [0.1, 0.15) is 6.26 Å². The number of carbonyl (C=O) groups is 1. The minimum atomic E-state index is -0.121. The molecule has 1 aliphatic heterocycles. The van der Waals surface area contributed by atoms with E-state index >= 15 is 0 Å². The van der Waals surface area contributed by atoms with Crippen LogP contribution in [0.2, 0.25) is 0 Å². The summed E-state index contributed by atoms with van der Waals surface area (Å²) >= 11 is 0. The molecule has 22 heavy (non-hydrogen) atoms. The SMILES string of the molecule is CCOc1nccnc1N1CC[C@H](NC(=O)c2ccoc2)C1. The van der Waals surface area contributed by atoms with Crippen molar-refractivity contribution in [1.82, 2.24) is 15.3 Å². The number of nitrogens with one attached hydrogen (secondary N) is 1. The zero-order valence-corrected chi connectivity index (χ0v) is 12.4. The normalized spacial score (nSPS) is 17.5. The average molecular weight is 302 g/mol. The van der Waals surface area contributed by atoms with Crippen LogP contribution in [0.25, 0.3) is 0 Å². The van der Waals surface area contributed by atoms with Crippen LogP contribution in [0.15, 0.2) is 35.4 Å². The number of hydrogen-bond acceptors (Lipinski definition) is 6. The largest absolute Gasteiger partial charge is 0.475 e. The summed E-state index contributed by atoms with van der Waals surface area (Å²) in [5.74, 6) is 1.14. The van der Waals surface area contributed by atoms with Gasteiger partial charge in [-0.1, -0.05) is 0 Å². The van der Waals surface area contributed by atoms with Crippen molar-refractivity contribution in [2.24, 2.45) is 0 Å². The number of rotatable bonds is 5. The lowest BCUT2D eigenvalue weighted by molar-refractivity contribution is 0.0940. The highest BCUT2D eigenvalue weighted by Gasteiger charge is 2.27. The van der Waals surface area contributed by atoms with Gasteiger partial charge >= 0.3 is 0 Å². The molecule has 116 valence electrons. The Labute approximate surface area is 128 Å². The van der Waals surface area contributed by atoms with Crippen LogP contribution in [0, 0.1) is 0 Å². The van der Waals surface area contributed by atoms with E-state index in [4.69, 9.17) is 9.15 Å². The number of nitrogens with zero attached hydrogens (tertiary/aromatic N) is 3. The van der Waals surface area contributed by atoms with E-state index in [2.05, 4.69) is 20.2 Å². The van der Waals surface area contributed by atoms with Gasteiger partial charge in [0.15, 0.2) is 5.82 Å². The molecule has 1 N–H and O–H groups in total. The maximum atomic E-state index is 12.0. The van der Waals surface area contributed by atoms with Gasteiger partial charge in [0.2, 0.25) is 0 Å². The molecule has 2 aromatic rings. The summed E-state index contributed by atoms with van der Waals surface area (Å²) in [5.41, 5.74) is 0.535. The number of amides is 1. The lowest BCUT2D eigenvalue weighted by Crippen LogP contribution is -2.37. The maximum absolute atomic E-state index is 12.0. The van der Waals surface area contributed by atoms with Crippen LogP contribution < -0.4 is 15.0 Å². The molecule has 3 rings (SSSR count). The molecule has 1 fully saturated rings. The van der Waals surface area contributed by atoms with E-state index < -0.39 is 0 Å². The van der Waals surface area contributed by atoms with Crippen LogP contribution in [0.5, 0.6) is 5.88 Å². The minimum absolute atomic E-state index is 0.0684. The molecule has 0 aromatic carbocycles. The van der Waals surface area contributed by atoms with Gasteiger partial charge < -0.3 is 19.4 Å². The zero-order valence-electron chi connectivity index (χ0n) is 12.4. The Morgan fingerprint density at radius 3 is 3.14 bits per heavy atom. The van der Waals surface area contributed by atoms with Gasteiger partial charge in [-0.25, -0.2) is 9.97 Å². The third-order valence-corrected chi connectivity index (χ3v) is 3.53. The van der Waals surface area contributed by atoms with Crippen molar-refractivity contribution in [3.8, 4) is 5.88 Å². The minimum Gasteiger partial charge on any atom is -0.475 e. The molecule has 0 saturated carbocycles. The molecule has 0 unspecified atom stereocenters. The Balaban J connectivity index is 1.64. The van der Waals surface area contributed by atoms with Gasteiger partial charge in [0.25, 0.3) is 11.8 Å². The third kappa shape index (κ3) is 3.03. The Bertz CT molecular complexity index is 629. The summed E-state index contributed by atoms with van der Waals surface area (Å²) in [6, 6.07) is 1.72. The van der Waals surface area contributed by atoms with Crippen LogP contribution in [-0.2, 0) is 0 Å². The number of furan rings is 1. The summed E-state index contributed by atoms with van der Waals surface area (Å²) in [7, 11) is 0. The van der Waals surface area contributed by atoms with Gasteiger partial charge in [-0.3, -0.25) is 4.79 Å². The Kier molecular flexibility index (Phi) is 4.22. The van der Waals surface area contributed by atoms with Gasteiger partial charge in [-0.2, -0.15) is 0 Å². The van der Waals surface area contributed by atoms with E-state index in [-0.39, 0.29) is 11.9 Å². The molecule has 0 aliphatic carbocycles. The average Bonchev–Trinajstić information content (AvgIpc) is 3.19. The van der Waals surface area contributed by atoms with Gasteiger partial charge in [0.05, 0.1) is 18.4 Å². The molecule has 2 aromatic heterocycles. The number of aromatic nitrogens is 2. The van der Waals surface area contributed by atoms with E-state index in [0.717, 1.165) is 18.8 Å². The van der Waals surface area contributed by atoms with Gasteiger partial charge in [-0.15, -0.1) is 0 Å². The van der Waals surface area contributed by atoms with E-state index in [1.807, 2.05) is 6.92 Å². The molecule has 0 bridgehead atoms. The fraction of sp³-hybridized carbons (Fsp3) is 0.400. The lowest BCUT2D eigenvalue weighted by Gasteiger charge is -2.19. The van der Waals surface area contributed by atoms with Gasteiger partial charge in [-0.05, 0) is 19.4 Å². The van der Waals surface area contributed by atoms with E-state index in [9.17, 15) is 4.79 Å². The van der Waals surface area contributed by atoms with E-state index in [0.29, 0.717) is 24.6 Å². The number of hydrogen-bond donors (Lipinski definition) is 1. The molecule has 3 heterocycles. The second kappa shape index (κ2) is 6.46. The highest BCUT2D eigenvalue weighted by atomic mass is 16.5. The number of carbonyl (C=O) groups excluding carboxylic acids is 1. The Hall–Kier alpha value is -2.57. The summed E-state index contributed by atoms with van der Waals surface area (Å²) < 4.78 is 10.4. The monoisotopic (exact) mass is 302 g/mol. The standard InChI is InChI=1S/C15H18N4O3/c1-2-22-15-13(16-5-6-17-15)19-7-3-12(9-19)18-14(20)11-4-8-21-10-11/h4-6,8,10,12H,2-3,7,9H2,1H3,(H,18,20)/t12-/m0/s1. The second-order valence-electron chi connectivity index (χ2n) is 5.04. The summed E-state index contributed by atoms with van der Waals surface area (Å²) in [4.78, 5) is 22.7. The first-order valence-electron chi connectivity index (χ1n) is 7.29. The fourth-order valence-corrected chi connectivity index (χ4v) is 2.51. The van der Waals surface area contributed by atoms with Crippen LogP contribution in [0.1, 0.15) is 23.7 Å². The van der Waals surface area contributed by atoms with Crippen molar-refractivity contribution in [2.75, 3.05) is 24.6 Å². The van der Waals surface area contributed by atoms with Crippen LogP contribution in [-0.4, -0.2) is 41.6 Å². The van der Waals surface area contributed by atoms with Crippen molar-refractivity contribution < 1.29 is 13.9 Å². The third-order valence-electron chi connectivity index (χ3n) is 3.53. The summed E-state index contributed by atoms with van der Waals surface area (Å²) in [6.45, 7) is 3.94. The molecule has 7 heteroatoms. The first-order valence-corrected chi connectivity index (χ1v) is 7.29. The zero-order chi connectivity index (χ0) is 15.4. The second-order valence-corrected chi connectivity index (χ2v) is 5.04. The van der Waals surface area contributed by atoms with Crippen LogP contribution in [0.3, 0.4) is 0 Å². The smallest absolute Gasteiger partial charge is 0.257 e. The van der Waals surface area contributed by atoms with Crippen molar-refractivity contribution in [3.63, 3.8) is 0 Å². The Morgan fingerprint density at radius 2 is 2.36 bits per heavy atom. The summed E-state index contributed by atoms with van der Waals surface area (Å²) in [6.07, 6.45) is 7.05. The maximum Gasteiger partial charge on any atom is 0.257 e. The quantitative estimate of drug-likeness (QED) is 0.901. The highest BCUT2D eigenvalue weighted by molar-refractivity contribution is 5.94. The van der Waals surface area contributed by atoms with E-state index in [1.165, 1.54) is 12.5 Å². The first-order chi connectivity index (χ1) is 10.8. The molecular formula is C15H18N4O3. The van der Waals surface area contributed by atoms with Gasteiger partial charge in [0, 0.05) is 31.5 Å².